The Morgan fingerprint density at radius 2 is 1.81 bits per heavy atom. The predicted molar refractivity (Wildman–Crippen MR) is 85.3 cm³/mol. The van der Waals surface area contributed by atoms with E-state index in [0.29, 0.717) is 0 Å². The molecule has 0 amide bonds. The third kappa shape index (κ3) is 2.41. The maximum Gasteiger partial charge on any atom is 0.0725 e. The molecule has 104 valence electrons. The summed E-state index contributed by atoms with van der Waals surface area (Å²) in [7, 11) is 0. The first-order valence-electron chi connectivity index (χ1n) is 7.44. The molecule has 0 unspecified atom stereocenters. The number of benzene rings is 1. The molecule has 0 radical (unpaired) electrons. The standard InChI is InChI=1S/C18H17N3/c1-2-16(12-20-7-1)17-4-3-15-10-13-5-8-19-9-6-14(13)11-18(15)21-17/h1-4,7,10-12,19H,5-6,8-9H2. The van der Waals surface area contributed by atoms with Crippen molar-refractivity contribution in [3.63, 3.8) is 0 Å². The molecule has 0 saturated carbocycles. The molecule has 3 heteroatoms. The highest BCUT2D eigenvalue weighted by Gasteiger charge is 2.10. The van der Waals surface area contributed by atoms with Gasteiger partial charge in [0.1, 0.15) is 0 Å². The summed E-state index contributed by atoms with van der Waals surface area (Å²) in [6.45, 7) is 2.13. The molecule has 0 saturated heterocycles. The fraction of sp³-hybridized carbons (Fsp3) is 0.222. The molecule has 0 atom stereocenters. The van der Waals surface area contributed by atoms with Crippen LogP contribution in [0.4, 0.5) is 0 Å². The van der Waals surface area contributed by atoms with Crippen LogP contribution in [-0.2, 0) is 12.8 Å². The second kappa shape index (κ2) is 5.26. The third-order valence-electron chi connectivity index (χ3n) is 4.11. The number of nitrogens with one attached hydrogen (secondary N) is 1. The van der Waals surface area contributed by atoms with E-state index in [4.69, 9.17) is 4.98 Å². The maximum absolute atomic E-state index is 4.82. The molecule has 1 aromatic carbocycles. The van der Waals surface area contributed by atoms with Crippen molar-refractivity contribution >= 4 is 10.9 Å². The molecule has 1 N–H and O–H groups in total. The summed E-state index contributed by atoms with van der Waals surface area (Å²) >= 11 is 0. The van der Waals surface area contributed by atoms with Crippen LogP contribution < -0.4 is 5.32 Å². The molecular weight excluding hydrogens is 258 g/mol. The summed E-state index contributed by atoms with van der Waals surface area (Å²) in [6, 6.07) is 12.8. The largest absolute Gasteiger partial charge is 0.316 e. The van der Waals surface area contributed by atoms with Gasteiger partial charge in [0, 0.05) is 23.3 Å². The van der Waals surface area contributed by atoms with Crippen LogP contribution in [0.1, 0.15) is 11.1 Å². The number of fused-ring (bicyclic) bond motifs is 2. The Morgan fingerprint density at radius 3 is 2.62 bits per heavy atom. The van der Waals surface area contributed by atoms with Crippen LogP contribution in [0.5, 0.6) is 0 Å². The lowest BCUT2D eigenvalue weighted by Gasteiger charge is -2.09. The molecule has 0 bridgehead atoms. The van der Waals surface area contributed by atoms with Crippen molar-refractivity contribution in [2.45, 2.75) is 12.8 Å². The number of pyridine rings is 2. The molecule has 1 aliphatic heterocycles. The van der Waals surface area contributed by atoms with E-state index in [1.165, 1.54) is 16.5 Å². The molecule has 3 aromatic rings. The first-order chi connectivity index (χ1) is 10.4. The Bertz CT molecular complexity index is 781. The van der Waals surface area contributed by atoms with Crippen LogP contribution in [-0.4, -0.2) is 23.1 Å². The second-order valence-electron chi connectivity index (χ2n) is 5.50. The van der Waals surface area contributed by atoms with E-state index < -0.39 is 0 Å². The Morgan fingerprint density at radius 1 is 0.952 bits per heavy atom. The van der Waals surface area contributed by atoms with Crippen molar-refractivity contribution in [2.75, 3.05) is 13.1 Å². The lowest BCUT2D eigenvalue weighted by atomic mass is 9.99. The van der Waals surface area contributed by atoms with Gasteiger partial charge in [-0.15, -0.1) is 0 Å². The summed E-state index contributed by atoms with van der Waals surface area (Å²) in [5, 5.41) is 4.68. The number of rotatable bonds is 1. The normalized spacial score (nSPS) is 14.7. The zero-order valence-electron chi connectivity index (χ0n) is 11.8. The molecule has 0 aliphatic carbocycles. The highest BCUT2D eigenvalue weighted by atomic mass is 14.8. The third-order valence-corrected chi connectivity index (χ3v) is 4.11. The summed E-state index contributed by atoms with van der Waals surface area (Å²) in [5.74, 6) is 0. The monoisotopic (exact) mass is 275 g/mol. The van der Waals surface area contributed by atoms with Crippen molar-refractivity contribution in [1.29, 1.82) is 0 Å². The molecule has 0 fully saturated rings. The average Bonchev–Trinajstić information content (AvgIpc) is 2.78. The van der Waals surface area contributed by atoms with Crippen molar-refractivity contribution < 1.29 is 0 Å². The Balaban J connectivity index is 1.84. The molecule has 21 heavy (non-hydrogen) atoms. The minimum Gasteiger partial charge on any atom is -0.316 e. The Kier molecular flexibility index (Phi) is 3.13. The van der Waals surface area contributed by atoms with Crippen molar-refractivity contribution in [2.24, 2.45) is 0 Å². The average molecular weight is 275 g/mol. The lowest BCUT2D eigenvalue weighted by Crippen LogP contribution is -2.16. The van der Waals surface area contributed by atoms with Crippen LogP contribution >= 0.6 is 0 Å². The molecule has 2 aromatic heterocycles. The predicted octanol–water partition coefficient (Wildman–Crippen LogP) is 2.99. The molecule has 1 aliphatic rings. The van der Waals surface area contributed by atoms with Gasteiger partial charge < -0.3 is 5.32 Å². The first kappa shape index (κ1) is 12.5. The van der Waals surface area contributed by atoms with Crippen molar-refractivity contribution in [3.05, 3.63) is 59.9 Å². The van der Waals surface area contributed by atoms with E-state index in [9.17, 15) is 0 Å². The molecule has 4 rings (SSSR count). The SMILES string of the molecule is c1cncc(-c2ccc3cc4c(cc3n2)CCNCC4)c1. The molecular formula is C18H17N3. The maximum atomic E-state index is 4.82. The van der Waals surface area contributed by atoms with Crippen molar-refractivity contribution in [1.82, 2.24) is 15.3 Å². The minimum absolute atomic E-state index is 0.988. The fourth-order valence-corrected chi connectivity index (χ4v) is 2.97. The van der Waals surface area contributed by atoms with Gasteiger partial charge in [-0.25, -0.2) is 4.98 Å². The molecule has 3 heterocycles. The van der Waals surface area contributed by atoms with Crippen LogP contribution in [0.25, 0.3) is 22.2 Å². The van der Waals surface area contributed by atoms with E-state index in [-0.39, 0.29) is 0 Å². The van der Waals surface area contributed by atoms with E-state index in [2.05, 4.69) is 40.6 Å². The van der Waals surface area contributed by atoms with Gasteiger partial charge in [-0.1, -0.05) is 6.07 Å². The van der Waals surface area contributed by atoms with Crippen LogP contribution in [0, 0.1) is 0 Å². The zero-order chi connectivity index (χ0) is 14.1. The number of aromatic nitrogens is 2. The van der Waals surface area contributed by atoms with E-state index in [1.54, 1.807) is 6.20 Å². The second-order valence-corrected chi connectivity index (χ2v) is 5.50. The van der Waals surface area contributed by atoms with Crippen LogP contribution in [0.15, 0.2) is 48.8 Å². The van der Waals surface area contributed by atoms with Crippen molar-refractivity contribution in [3.8, 4) is 11.3 Å². The van der Waals surface area contributed by atoms with Crippen LogP contribution in [0.3, 0.4) is 0 Å². The summed E-state index contributed by atoms with van der Waals surface area (Å²) in [4.78, 5) is 9.00. The van der Waals surface area contributed by atoms with Gasteiger partial charge in [0.05, 0.1) is 11.2 Å². The molecule has 3 nitrogen and oxygen atoms in total. The lowest BCUT2D eigenvalue weighted by molar-refractivity contribution is 0.711. The Labute approximate surface area is 124 Å². The van der Waals surface area contributed by atoms with Gasteiger partial charge in [-0.05, 0) is 67.4 Å². The van der Waals surface area contributed by atoms with Gasteiger partial charge >= 0.3 is 0 Å². The fourth-order valence-electron chi connectivity index (χ4n) is 2.97. The summed E-state index contributed by atoms with van der Waals surface area (Å²) < 4.78 is 0. The molecule has 0 spiro atoms. The number of nitrogens with zero attached hydrogens (tertiary/aromatic N) is 2. The zero-order valence-corrected chi connectivity index (χ0v) is 11.8. The van der Waals surface area contributed by atoms with E-state index in [1.807, 2.05) is 12.3 Å². The topological polar surface area (TPSA) is 37.8 Å². The number of hydrogen-bond acceptors (Lipinski definition) is 3. The van der Waals surface area contributed by atoms with Gasteiger partial charge in [0.2, 0.25) is 0 Å². The van der Waals surface area contributed by atoms with E-state index in [0.717, 1.165) is 42.7 Å². The summed E-state index contributed by atoms with van der Waals surface area (Å²) in [6.07, 6.45) is 5.85. The highest BCUT2D eigenvalue weighted by Crippen LogP contribution is 2.24. The first-order valence-corrected chi connectivity index (χ1v) is 7.44. The van der Waals surface area contributed by atoms with Crippen LogP contribution in [0.2, 0.25) is 0 Å². The number of hydrogen-bond donors (Lipinski definition) is 1. The van der Waals surface area contributed by atoms with Gasteiger partial charge in [0.15, 0.2) is 0 Å². The smallest absolute Gasteiger partial charge is 0.0725 e. The van der Waals surface area contributed by atoms with Gasteiger partial charge in [-0.2, -0.15) is 0 Å². The Hall–Kier alpha value is -2.26. The van der Waals surface area contributed by atoms with E-state index >= 15 is 0 Å². The quantitative estimate of drug-likeness (QED) is 0.742. The van der Waals surface area contributed by atoms with Gasteiger partial charge in [-0.3, -0.25) is 4.98 Å². The highest BCUT2D eigenvalue weighted by molar-refractivity contribution is 5.83. The minimum atomic E-state index is 0.988. The van der Waals surface area contributed by atoms with Gasteiger partial charge in [0.25, 0.3) is 0 Å². The summed E-state index contributed by atoms with van der Waals surface area (Å²) in [5.41, 5.74) is 6.03.